The van der Waals surface area contributed by atoms with Gasteiger partial charge in [-0.1, -0.05) is 59.8 Å². The van der Waals surface area contributed by atoms with Crippen LogP contribution in [0.4, 0.5) is 5.69 Å². The van der Waals surface area contributed by atoms with E-state index < -0.39 is 16.1 Å². The number of sulfonamides is 1. The topological polar surface area (TPSA) is 86.8 Å². The van der Waals surface area contributed by atoms with E-state index in [1.807, 2.05) is 0 Å². The third kappa shape index (κ3) is 8.01. The van der Waals surface area contributed by atoms with Crippen molar-refractivity contribution in [1.29, 1.82) is 0 Å². The summed E-state index contributed by atoms with van der Waals surface area (Å²) in [4.78, 5) is 28.1. The molecule has 0 bridgehead atoms. The molecule has 1 N–H and O–H groups in total. The van der Waals surface area contributed by atoms with Crippen molar-refractivity contribution in [3.8, 4) is 0 Å². The largest absolute Gasteiger partial charge is 0.352 e. The number of nitrogens with zero attached hydrogens (tertiary/aromatic N) is 2. The lowest BCUT2D eigenvalue weighted by Gasteiger charge is -2.30. The van der Waals surface area contributed by atoms with Gasteiger partial charge in [0.25, 0.3) is 0 Å². The van der Waals surface area contributed by atoms with Gasteiger partial charge in [0.1, 0.15) is 6.04 Å². The number of halogens is 3. The smallest absolute Gasteiger partial charge is 0.242 e. The fraction of sp³-hybridized carbons (Fsp3) is 0.481. The van der Waals surface area contributed by atoms with Crippen molar-refractivity contribution in [3.05, 3.63) is 62.6 Å². The van der Waals surface area contributed by atoms with Gasteiger partial charge in [-0.05, 0) is 68.5 Å². The van der Waals surface area contributed by atoms with E-state index in [0.717, 1.165) is 31.9 Å². The molecule has 1 fully saturated rings. The average Bonchev–Trinajstić information content (AvgIpc) is 3.35. The van der Waals surface area contributed by atoms with Gasteiger partial charge in [0.15, 0.2) is 0 Å². The molecule has 208 valence electrons. The number of anilines is 1. The maximum Gasteiger partial charge on any atom is 0.242 e. The molecule has 0 radical (unpaired) electrons. The monoisotopic (exact) mass is 601 g/mol. The molecule has 3 rings (SSSR count). The molecular formula is C27H34Cl3N3O4S. The Balaban J connectivity index is 1.77. The van der Waals surface area contributed by atoms with E-state index in [4.69, 9.17) is 34.8 Å². The zero-order valence-electron chi connectivity index (χ0n) is 21.8. The summed E-state index contributed by atoms with van der Waals surface area (Å²) in [5.74, 6) is -0.496. The highest BCUT2D eigenvalue weighted by molar-refractivity contribution is 7.92. The average molecular weight is 603 g/mol. The van der Waals surface area contributed by atoms with Crippen LogP contribution in [-0.4, -0.2) is 50.0 Å². The molecule has 1 saturated carbocycles. The van der Waals surface area contributed by atoms with Gasteiger partial charge in [0.2, 0.25) is 21.8 Å². The van der Waals surface area contributed by atoms with Gasteiger partial charge in [-0.25, -0.2) is 8.42 Å². The third-order valence-corrected chi connectivity index (χ3v) is 9.06. The summed E-state index contributed by atoms with van der Waals surface area (Å²) in [6.07, 6.45) is 5.42. The second kappa shape index (κ2) is 13.4. The SMILES string of the molecule is Cc1c(Cl)cccc1N(CCCC(=O)N(Cc1ccc(Cl)cc1Cl)[C@H](C)C(=O)NC1CCCC1)S(C)(=O)=O. The van der Waals surface area contributed by atoms with E-state index in [1.54, 1.807) is 50.2 Å². The molecule has 2 aromatic carbocycles. The molecule has 11 heteroatoms. The lowest BCUT2D eigenvalue weighted by Crippen LogP contribution is -2.49. The van der Waals surface area contributed by atoms with Gasteiger partial charge < -0.3 is 10.2 Å². The Hall–Kier alpha value is -2.00. The lowest BCUT2D eigenvalue weighted by molar-refractivity contribution is -0.140. The highest BCUT2D eigenvalue weighted by Gasteiger charge is 2.29. The summed E-state index contributed by atoms with van der Waals surface area (Å²) in [6.45, 7) is 3.66. The Morgan fingerprint density at radius 1 is 1.08 bits per heavy atom. The predicted molar refractivity (Wildman–Crippen MR) is 154 cm³/mol. The standard InChI is InChI=1S/C27H34Cl3N3O4S/c1-18-23(29)10-6-11-25(18)33(38(3,36)37)15-7-12-26(34)32(17-20-13-14-21(28)16-24(20)30)19(2)27(35)31-22-8-4-5-9-22/h6,10-11,13-14,16,19,22H,4-5,7-9,12,15,17H2,1-3H3,(H,31,35)/t19-/m1/s1. The van der Waals surface area contributed by atoms with Crippen LogP contribution in [0.25, 0.3) is 0 Å². The van der Waals surface area contributed by atoms with Crippen LogP contribution in [0, 0.1) is 6.92 Å². The van der Waals surface area contributed by atoms with Gasteiger partial charge in [-0.3, -0.25) is 13.9 Å². The Morgan fingerprint density at radius 2 is 1.76 bits per heavy atom. The van der Waals surface area contributed by atoms with E-state index in [1.165, 1.54) is 9.21 Å². The first kappa shape index (κ1) is 30.5. The normalized spacial score (nSPS) is 14.8. The van der Waals surface area contributed by atoms with E-state index in [2.05, 4.69) is 5.32 Å². The number of nitrogens with one attached hydrogen (secondary N) is 1. The first-order valence-electron chi connectivity index (χ1n) is 12.6. The predicted octanol–water partition coefficient (Wildman–Crippen LogP) is 5.98. The molecule has 0 aliphatic heterocycles. The summed E-state index contributed by atoms with van der Waals surface area (Å²) in [7, 11) is -3.62. The van der Waals surface area contributed by atoms with Crippen LogP contribution < -0.4 is 9.62 Å². The summed E-state index contributed by atoms with van der Waals surface area (Å²) < 4.78 is 26.4. The van der Waals surface area contributed by atoms with Crippen LogP contribution >= 0.6 is 34.8 Å². The summed E-state index contributed by atoms with van der Waals surface area (Å²) in [6, 6.07) is 9.47. The van der Waals surface area contributed by atoms with Crippen LogP contribution in [0.2, 0.25) is 15.1 Å². The second-order valence-electron chi connectivity index (χ2n) is 9.75. The highest BCUT2D eigenvalue weighted by atomic mass is 35.5. The summed E-state index contributed by atoms with van der Waals surface area (Å²) in [5, 5.41) is 4.40. The van der Waals surface area contributed by atoms with Crippen molar-refractivity contribution >= 4 is 62.3 Å². The molecule has 1 aliphatic rings. The van der Waals surface area contributed by atoms with Crippen molar-refractivity contribution < 1.29 is 18.0 Å². The Kier molecular flexibility index (Phi) is 10.7. The molecule has 1 aliphatic carbocycles. The van der Waals surface area contributed by atoms with E-state index in [9.17, 15) is 18.0 Å². The van der Waals surface area contributed by atoms with E-state index in [0.29, 0.717) is 31.9 Å². The molecule has 7 nitrogen and oxygen atoms in total. The second-order valence-corrected chi connectivity index (χ2v) is 12.9. The molecule has 0 spiro atoms. The number of amides is 2. The number of hydrogen-bond acceptors (Lipinski definition) is 4. The maximum absolute atomic E-state index is 13.5. The fourth-order valence-corrected chi connectivity index (χ4v) is 6.31. The number of carbonyl (C=O) groups is 2. The zero-order chi connectivity index (χ0) is 28.0. The molecule has 2 amide bonds. The van der Waals surface area contributed by atoms with Crippen LogP contribution in [0.15, 0.2) is 36.4 Å². The molecule has 0 heterocycles. The van der Waals surface area contributed by atoms with Gasteiger partial charge in [-0.2, -0.15) is 0 Å². The first-order chi connectivity index (χ1) is 17.9. The van der Waals surface area contributed by atoms with Crippen molar-refractivity contribution in [2.45, 2.75) is 71.0 Å². The number of rotatable bonds is 11. The molecule has 0 unspecified atom stereocenters. The van der Waals surface area contributed by atoms with Crippen molar-refractivity contribution in [1.82, 2.24) is 10.2 Å². The summed E-state index contributed by atoms with van der Waals surface area (Å²) in [5.41, 5.74) is 1.78. The molecule has 0 aromatic heterocycles. The number of hydrogen-bond donors (Lipinski definition) is 1. The van der Waals surface area contributed by atoms with Crippen LogP contribution in [0.1, 0.15) is 56.6 Å². The molecule has 2 aromatic rings. The molecule has 1 atom stereocenters. The third-order valence-electron chi connectivity index (χ3n) is 6.88. The van der Waals surface area contributed by atoms with Gasteiger partial charge >= 0.3 is 0 Å². The molecule has 38 heavy (non-hydrogen) atoms. The Labute approximate surface area is 240 Å². The van der Waals surface area contributed by atoms with Crippen LogP contribution in [0.3, 0.4) is 0 Å². The molecular weight excluding hydrogens is 569 g/mol. The van der Waals surface area contributed by atoms with Crippen molar-refractivity contribution in [2.24, 2.45) is 0 Å². The van der Waals surface area contributed by atoms with Crippen molar-refractivity contribution in [3.63, 3.8) is 0 Å². The highest BCUT2D eigenvalue weighted by Crippen LogP contribution is 2.29. The quantitative estimate of drug-likeness (QED) is 0.343. The lowest BCUT2D eigenvalue weighted by atomic mass is 10.1. The minimum Gasteiger partial charge on any atom is -0.352 e. The number of benzene rings is 2. The van der Waals surface area contributed by atoms with Crippen LogP contribution in [0.5, 0.6) is 0 Å². The fourth-order valence-electron chi connectivity index (χ4n) is 4.66. The maximum atomic E-state index is 13.5. The Morgan fingerprint density at radius 3 is 2.39 bits per heavy atom. The van der Waals surface area contributed by atoms with Gasteiger partial charge in [0, 0.05) is 40.6 Å². The summed E-state index contributed by atoms with van der Waals surface area (Å²) >= 11 is 18.6. The first-order valence-corrected chi connectivity index (χ1v) is 15.6. The Bertz CT molecular complexity index is 1270. The molecule has 0 saturated heterocycles. The zero-order valence-corrected chi connectivity index (χ0v) is 24.9. The van der Waals surface area contributed by atoms with Gasteiger partial charge in [-0.15, -0.1) is 0 Å². The number of carbonyl (C=O) groups excluding carboxylic acids is 2. The van der Waals surface area contributed by atoms with Crippen molar-refractivity contribution in [2.75, 3.05) is 17.1 Å². The minimum absolute atomic E-state index is 0.0396. The van der Waals surface area contributed by atoms with E-state index in [-0.39, 0.29) is 43.8 Å². The van der Waals surface area contributed by atoms with Crippen LogP contribution in [-0.2, 0) is 26.2 Å². The minimum atomic E-state index is -3.62. The van der Waals surface area contributed by atoms with Gasteiger partial charge in [0.05, 0.1) is 11.9 Å². The van der Waals surface area contributed by atoms with E-state index >= 15 is 0 Å².